The molecule has 0 aromatic carbocycles. The van der Waals surface area contributed by atoms with Crippen molar-refractivity contribution in [2.45, 2.75) is 27.2 Å². The molecule has 5 heteroatoms. The Bertz CT molecular complexity index is 422. The lowest BCUT2D eigenvalue weighted by molar-refractivity contribution is -0.140. The zero-order valence-corrected chi connectivity index (χ0v) is 10.2. The highest BCUT2D eigenvalue weighted by Crippen LogP contribution is 2.14. The van der Waals surface area contributed by atoms with Crippen LogP contribution in [-0.2, 0) is 11.2 Å². The van der Waals surface area contributed by atoms with E-state index in [1.54, 1.807) is 6.07 Å². The molecule has 0 bridgehead atoms. The van der Waals surface area contributed by atoms with Crippen molar-refractivity contribution in [1.82, 2.24) is 5.32 Å². The van der Waals surface area contributed by atoms with E-state index in [4.69, 9.17) is 9.52 Å². The third-order valence-electron chi connectivity index (χ3n) is 2.56. The summed E-state index contributed by atoms with van der Waals surface area (Å²) in [6.45, 7) is 5.45. The average Bonchev–Trinajstić information content (AvgIpc) is 2.66. The Morgan fingerprint density at radius 2 is 2.18 bits per heavy atom. The standard InChI is InChI=1S/C12H17NO4/c1-4-9-7(2)5-10(17-9)11(14)13-6-8(3)12(15)16/h5,8H,4,6H2,1-3H3,(H,13,14)(H,15,16). The molecule has 0 aliphatic carbocycles. The summed E-state index contributed by atoms with van der Waals surface area (Å²) in [6.07, 6.45) is 0.727. The molecule has 1 aromatic heterocycles. The van der Waals surface area contributed by atoms with Gasteiger partial charge in [0.25, 0.3) is 5.91 Å². The van der Waals surface area contributed by atoms with Gasteiger partial charge in [0.1, 0.15) is 5.76 Å². The van der Waals surface area contributed by atoms with Gasteiger partial charge in [0.15, 0.2) is 5.76 Å². The molecule has 2 N–H and O–H groups in total. The lowest BCUT2D eigenvalue weighted by atomic mass is 10.2. The van der Waals surface area contributed by atoms with E-state index in [0.717, 1.165) is 17.7 Å². The first-order valence-electron chi connectivity index (χ1n) is 5.56. The van der Waals surface area contributed by atoms with Gasteiger partial charge in [0.2, 0.25) is 0 Å². The Morgan fingerprint density at radius 1 is 1.53 bits per heavy atom. The molecule has 0 spiro atoms. The predicted octanol–water partition coefficient (Wildman–Crippen LogP) is 1.60. The number of carbonyl (C=O) groups excluding carboxylic acids is 1. The molecule has 94 valence electrons. The Hall–Kier alpha value is -1.78. The van der Waals surface area contributed by atoms with Gasteiger partial charge in [0.05, 0.1) is 5.92 Å². The topological polar surface area (TPSA) is 79.5 Å². The second-order valence-corrected chi connectivity index (χ2v) is 4.02. The summed E-state index contributed by atoms with van der Waals surface area (Å²) < 4.78 is 5.36. The van der Waals surface area contributed by atoms with Crippen LogP contribution in [0.2, 0.25) is 0 Å². The summed E-state index contributed by atoms with van der Waals surface area (Å²) in [6, 6.07) is 1.67. The fourth-order valence-electron chi connectivity index (χ4n) is 1.40. The van der Waals surface area contributed by atoms with Crippen LogP contribution in [0, 0.1) is 12.8 Å². The summed E-state index contributed by atoms with van der Waals surface area (Å²) in [5.74, 6) is -0.907. The maximum atomic E-state index is 11.7. The summed E-state index contributed by atoms with van der Waals surface area (Å²) in [4.78, 5) is 22.2. The number of carboxylic acids is 1. The van der Waals surface area contributed by atoms with Crippen molar-refractivity contribution < 1.29 is 19.1 Å². The van der Waals surface area contributed by atoms with Crippen molar-refractivity contribution in [1.29, 1.82) is 0 Å². The Labute approximate surface area is 99.8 Å². The van der Waals surface area contributed by atoms with Crippen molar-refractivity contribution >= 4 is 11.9 Å². The summed E-state index contributed by atoms with van der Waals surface area (Å²) in [7, 11) is 0. The van der Waals surface area contributed by atoms with Crippen LogP contribution in [0.5, 0.6) is 0 Å². The van der Waals surface area contributed by atoms with E-state index in [2.05, 4.69) is 5.32 Å². The van der Waals surface area contributed by atoms with E-state index >= 15 is 0 Å². The van der Waals surface area contributed by atoms with Gasteiger partial charge in [-0.05, 0) is 18.6 Å². The van der Waals surface area contributed by atoms with Crippen LogP contribution in [0.1, 0.15) is 35.7 Å². The second kappa shape index (κ2) is 5.52. The van der Waals surface area contributed by atoms with Crippen molar-refractivity contribution in [3.05, 3.63) is 23.2 Å². The number of rotatable bonds is 5. The first-order chi connectivity index (χ1) is 7.95. The van der Waals surface area contributed by atoms with Crippen LogP contribution in [0.3, 0.4) is 0 Å². The molecule has 1 heterocycles. The smallest absolute Gasteiger partial charge is 0.308 e. The molecule has 0 aliphatic rings. The highest BCUT2D eigenvalue weighted by Gasteiger charge is 2.16. The molecule has 1 aromatic rings. The SMILES string of the molecule is CCc1oc(C(=O)NCC(C)C(=O)O)cc1C. The van der Waals surface area contributed by atoms with Crippen LogP contribution >= 0.6 is 0 Å². The van der Waals surface area contributed by atoms with Crippen molar-refractivity contribution in [2.75, 3.05) is 6.54 Å². The van der Waals surface area contributed by atoms with Crippen molar-refractivity contribution in [2.24, 2.45) is 5.92 Å². The fourth-order valence-corrected chi connectivity index (χ4v) is 1.40. The number of nitrogens with one attached hydrogen (secondary N) is 1. The molecule has 0 radical (unpaired) electrons. The number of aliphatic carboxylic acids is 1. The first kappa shape index (κ1) is 13.3. The molecule has 0 aliphatic heterocycles. The van der Waals surface area contributed by atoms with Crippen LogP contribution in [0.25, 0.3) is 0 Å². The van der Waals surface area contributed by atoms with Gasteiger partial charge in [-0.2, -0.15) is 0 Å². The zero-order chi connectivity index (χ0) is 13.0. The minimum Gasteiger partial charge on any atom is -0.481 e. The van der Waals surface area contributed by atoms with E-state index in [1.165, 1.54) is 6.92 Å². The summed E-state index contributed by atoms with van der Waals surface area (Å²) in [5, 5.41) is 11.2. The van der Waals surface area contributed by atoms with Crippen molar-refractivity contribution in [3.8, 4) is 0 Å². The highest BCUT2D eigenvalue weighted by molar-refractivity contribution is 5.92. The van der Waals surface area contributed by atoms with Crippen LogP contribution in [-0.4, -0.2) is 23.5 Å². The predicted molar refractivity (Wildman–Crippen MR) is 62.0 cm³/mol. The first-order valence-corrected chi connectivity index (χ1v) is 5.56. The van der Waals surface area contributed by atoms with Gasteiger partial charge in [0, 0.05) is 13.0 Å². The van der Waals surface area contributed by atoms with Crippen LogP contribution < -0.4 is 5.32 Å². The largest absolute Gasteiger partial charge is 0.481 e. The third-order valence-corrected chi connectivity index (χ3v) is 2.56. The lowest BCUT2D eigenvalue weighted by Gasteiger charge is -2.06. The van der Waals surface area contributed by atoms with Gasteiger partial charge >= 0.3 is 5.97 Å². The van der Waals surface area contributed by atoms with Gasteiger partial charge < -0.3 is 14.8 Å². The second-order valence-electron chi connectivity index (χ2n) is 4.02. The minimum atomic E-state index is -0.935. The minimum absolute atomic E-state index is 0.0926. The van der Waals surface area contributed by atoms with E-state index in [9.17, 15) is 9.59 Å². The number of carboxylic acid groups (broad SMARTS) is 1. The summed E-state index contributed by atoms with van der Waals surface area (Å²) in [5.41, 5.74) is 0.934. The van der Waals surface area contributed by atoms with Gasteiger partial charge in [-0.15, -0.1) is 0 Å². The fraction of sp³-hybridized carbons (Fsp3) is 0.500. The molecule has 5 nitrogen and oxygen atoms in total. The third kappa shape index (κ3) is 3.34. The molecule has 0 saturated carbocycles. The normalized spacial score (nSPS) is 12.2. The lowest BCUT2D eigenvalue weighted by Crippen LogP contribution is -2.31. The molecular formula is C12H17NO4. The maximum absolute atomic E-state index is 11.7. The highest BCUT2D eigenvalue weighted by atomic mass is 16.4. The van der Waals surface area contributed by atoms with Gasteiger partial charge in [-0.1, -0.05) is 13.8 Å². The van der Waals surface area contributed by atoms with E-state index in [1.807, 2.05) is 13.8 Å². The number of aryl methyl sites for hydroxylation is 2. The Morgan fingerprint density at radius 3 is 2.65 bits per heavy atom. The number of furan rings is 1. The Kier molecular flexibility index (Phi) is 4.31. The van der Waals surface area contributed by atoms with Crippen LogP contribution in [0.4, 0.5) is 0 Å². The monoisotopic (exact) mass is 239 g/mol. The number of hydrogen-bond donors (Lipinski definition) is 2. The molecule has 1 rings (SSSR count). The summed E-state index contributed by atoms with van der Waals surface area (Å²) >= 11 is 0. The molecule has 1 atom stereocenters. The van der Waals surface area contributed by atoms with E-state index in [-0.39, 0.29) is 18.2 Å². The molecule has 17 heavy (non-hydrogen) atoms. The molecule has 1 unspecified atom stereocenters. The Balaban J connectivity index is 2.61. The number of carbonyl (C=O) groups is 2. The molecular weight excluding hydrogens is 222 g/mol. The quantitative estimate of drug-likeness (QED) is 0.818. The molecule has 0 saturated heterocycles. The average molecular weight is 239 g/mol. The maximum Gasteiger partial charge on any atom is 0.308 e. The zero-order valence-electron chi connectivity index (χ0n) is 10.2. The van der Waals surface area contributed by atoms with E-state index in [0.29, 0.717) is 0 Å². The van der Waals surface area contributed by atoms with Gasteiger partial charge in [-0.3, -0.25) is 9.59 Å². The van der Waals surface area contributed by atoms with Crippen LogP contribution in [0.15, 0.2) is 10.5 Å². The molecule has 0 fully saturated rings. The van der Waals surface area contributed by atoms with Gasteiger partial charge in [-0.25, -0.2) is 0 Å². The number of amides is 1. The van der Waals surface area contributed by atoms with Crippen molar-refractivity contribution in [3.63, 3.8) is 0 Å². The van der Waals surface area contributed by atoms with E-state index < -0.39 is 11.9 Å². The number of hydrogen-bond acceptors (Lipinski definition) is 3. The molecule has 1 amide bonds.